The van der Waals surface area contributed by atoms with E-state index >= 15 is 0 Å². The van der Waals surface area contributed by atoms with Gasteiger partial charge in [-0.1, -0.05) is 6.42 Å². The summed E-state index contributed by atoms with van der Waals surface area (Å²) in [6, 6.07) is 12.8. The highest BCUT2D eigenvalue weighted by Crippen LogP contribution is 2.25. The van der Waals surface area contributed by atoms with Crippen LogP contribution in [0.15, 0.2) is 30.3 Å². The molecule has 1 atom stereocenters. The minimum Gasteiger partial charge on any atom is -0.354 e. The van der Waals surface area contributed by atoms with Gasteiger partial charge in [0.1, 0.15) is 5.82 Å². The molecule has 0 unspecified atom stereocenters. The second kappa shape index (κ2) is 5.58. The van der Waals surface area contributed by atoms with E-state index in [9.17, 15) is 0 Å². The molecular formula is C18H20N4. The molecule has 112 valence electrons. The maximum Gasteiger partial charge on any atom is 0.129 e. The molecule has 0 aliphatic carbocycles. The number of anilines is 1. The zero-order valence-electron chi connectivity index (χ0n) is 12.7. The van der Waals surface area contributed by atoms with Gasteiger partial charge in [-0.3, -0.25) is 4.90 Å². The number of nitrogens with zero attached hydrogens (tertiary/aromatic N) is 4. The monoisotopic (exact) mass is 292 g/mol. The minimum absolute atomic E-state index is 0.692. The van der Waals surface area contributed by atoms with Gasteiger partial charge in [-0.2, -0.15) is 5.26 Å². The molecule has 1 aromatic carbocycles. The number of aromatic nitrogens is 1. The highest BCUT2D eigenvalue weighted by molar-refractivity contribution is 5.81. The fourth-order valence-corrected chi connectivity index (χ4v) is 3.72. The Kier molecular flexibility index (Phi) is 3.44. The van der Waals surface area contributed by atoms with Crippen LogP contribution >= 0.6 is 0 Å². The van der Waals surface area contributed by atoms with E-state index in [4.69, 9.17) is 10.2 Å². The fraction of sp³-hybridized carbons (Fsp3) is 0.444. The van der Waals surface area contributed by atoms with Crippen LogP contribution in [0.2, 0.25) is 0 Å². The highest BCUT2D eigenvalue weighted by Gasteiger charge is 2.29. The molecule has 0 spiro atoms. The van der Waals surface area contributed by atoms with E-state index in [0.717, 1.165) is 36.4 Å². The van der Waals surface area contributed by atoms with Gasteiger partial charge in [-0.25, -0.2) is 4.98 Å². The molecule has 2 saturated heterocycles. The lowest BCUT2D eigenvalue weighted by molar-refractivity contribution is 0.133. The number of fused-ring (bicyclic) bond motifs is 2. The smallest absolute Gasteiger partial charge is 0.129 e. The maximum atomic E-state index is 8.98. The molecule has 0 N–H and O–H groups in total. The number of piperidine rings is 1. The topological polar surface area (TPSA) is 43.2 Å². The van der Waals surface area contributed by atoms with E-state index in [1.54, 1.807) is 0 Å². The average molecular weight is 292 g/mol. The van der Waals surface area contributed by atoms with Crippen molar-refractivity contribution in [3.05, 3.63) is 35.9 Å². The third-order valence-corrected chi connectivity index (χ3v) is 4.96. The van der Waals surface area contributed by atoms with E-state index < -0.39 is 0 Å². The van der Waals surface area contributed by atoms with E-state index in [0.29, 0.717) is 11.6 Å². The molecule has 22 heavy (non-hydrogen) atoms. The average Bonchev–Trinajstić information content (AvgIpc) is 2.60. The molecule has 2 aromatic rings. The van der Waals surface area contributed by atoms with E-state index in [1.165, 1.54) is 25.8 Å². The van der Waals surface area contributed by atoms with Crippen LogP contribution in [0.5, 0.6) is 0 Å². The summed E-state index contributed by atoms with van der Waals surface area (Å²) in [7, 11) is 0. The van der Waals surface area contributed by atoms with Gasteiger partial charge in [-0.15, -0.1) is 0 Å². The van der Waals surface area contributed by atoms with Crippen molar-refractivity contribution < 1.29 is 0 Å². The Hall–Kier alpha value is -2.12. The Morgan fingerprint density at radius 2 is 2.05 bits per heavy atom. The summed E-state index contributed by atoms with van der Waals surface area (Å²) in [4.78, 5) is 9.87. The first-order valence-corrected chi connectivity index (χ1v) is 8.13. The molecule has 2 aliphatic heterocycles. The first-order chi connectivity index (χ1) is 10.8. The van der Waals surface area contributed by atoms with E-state index in [1.807, 2.05) is 18.2 Å². The number of piperazine rings is 1. The molecule has 3 heterocycles. The van der Waals surface area contributed by atoms with E-state index in [-0.39, 0.29) is 0 Å². The number of pyridine rings is 1. The Balaban J connectivity index is 1.60. The lowest BCUT2D eigenvalue weighted by atomic mass is 9.99. The van der Waals surface area contributed by atoms with Crippen molar-refractivity contribution in [3.63, 3.8) is 0 Å². The fourth-order valence-electron chi connectivity index (χ4n) is 3.72. The molecule has 4 rings (SSSR count). The van der Waals surface area contributed by atoms with Crippen LogP contribution in [0, 0.1) is 11.3 Å². The SMILES string of the molecule is N#Cc1ccc2nc(N3CCN4CCCC[C@@H]4C3)ccc2c1. The number of hydrogen-bond donors (Lipinski definition) is 0. The Labute approximate surface area is 131 Å². The Morgan fingerprint density at radius 3 is 2.95 bits per heavy atom. The highest BCUT2D eigenvalue weighted by atomic mass is 15.3. The summed E-state index contributed by atoms with van der Waals surface area (Å²) >= 11 is 0. The Morgan fingerprint density at radius 1 is 1.09 bits per heavy atom. The van der Waals surface area contributed by atoms with Crippen molar-refractivity contribution in [1.29, 1.82) is 5.26 Å². The Bertz CT molecular complexity index is 733. The van der Waals surface area contributed by atoms with Crippen molar-refractivity contribution >= 4 is 16.7 Å². The summed E-state index contributed by atoms with van der Waals surface area (Å²) in [6.07, 6.45) is 4.03. The van der Waals surface area contributed by atoms with E-state index in [2.05, 4.69) is 28.0 Å². The van der Waals surface area contributed by atoms with Crippen molar-refractivity contribution in [2.75, 3.05) is 31.1 Å². The number of hydrogen-bond acceptors (Lipinski definition) is 4. The zero-order chi connectivity index (χ0) is 14.9. The standard InChI is InChI=1S/C18H20N4/c19-12-14-4-6-17-15(11-14)5-7-18(20-17)22-10-9-21-8-2-1-3-16(21)13-22/h4-7,11,16H,1-3,8-10,13H2/t16-/m1/s1. The largest absolute Gasteiger partial charge is 0.354 e. The third kappa shape index (κ3) is 2.42. The molecule has 0 bridgehead atoms. The summed E-state index contributed by atoms with van der Waals surface area (Å²) in [5, 5.41) is 10.0. The van der Waals surface area contributed by atoms with Gasteiger partial charge in [0, 0.05) is 31.1 Å². The summed E-state index contributed by atoms with van der Waals surface area (Å²) in [5.41, 5.74) is 1.67. The molecule has 4 heteroatoms. The van der Waals surface area contributed by atoms with Gasteiger partial charge in [-0.05, 0) is 49.7 Å². The minimum atomic E-state index is 0.692. The third-order valence-electron chi connectivity index (χ3n) is 4.96. The van der Waals surface area contributed by atoms with Gasteiger partial charge in [0.2, 0.25) is 0 Å². The lowest BCUT2D eigenvalue weighted by Crippen LogP contribution is -2.55. The molecular weight excluding hydrogens is 272 g/mol. The van der Waals surface area contributed by atoms with Crippen molar-refractivity contribution in [3.8, 4) is 6.07 Å². The number of benzene rings is 1. The van der Waals surface area contributed by atoms with Crippen LogP contribution < -0.4 is 4.90 Å². The van der Waals surface area contributed by atoms with Crippen LogP contribution in [0.3, 0.4) is 0 Å². The van der Waals surface area contributed by atoms with Crippen LogP contribution in [0.1, 0.15) is 24.8 Å². The van der Waals surface area contributed by atoms with Crippen molar-refractivity contribution in [1.82, 2.24) is 9.88 Å². The summed E-state index contributed by atoms with van der Waals surface area (Å²) in [5.74, 6) is 1.07. The lowest BCUT2D eigenvalue weighted by Gasteiger charge is -2.44. The van der Waals surface area contributed by atoms with Gasteiger partial charge >= 0.3 is 0 Å². The normalized spacial score (nSPS) is 22.3. The van der Waals surface area contributed by atoms with Crippen molar-refractivity contribution in [2.45, 2.75) is 25.3 Å². The van der Waals surface area contributed by atoms with Crippen LogP contribution in [0.4, 0.5) is 5.82 Å². The maximum absolute atomic E-state index is 8.98. The number of rotatable bonds is 1. The van der Waals surface area contributed by atoms with Crippen LogP contribution in [-0.4, -0.2) is 42.1 Å². The second-order valence-corrected chi connectivity index (χ2v) is 6.32. The molecule has 2 fully saturated rings. The summed E-state index contributed by atoms with van der Waals surface area (Å²) < 4.78 is 0. The first-order valence-electron chi connectivity index (χ1n) is 8.13. The molecule has 0 saturated carbocycles. The molecule has 4 nitrogen and oxygen atoms in total. The molecule has 0 amide bonds. The van der Waals surface area contributed by atoms with Gasteiger partial charge in [0.15, 0.2) is 0 Å². The molecule has 1 aromatic heterocycles. The predicted octanol–water partition coefficient (Wildman–Crippen LogP) is 2.78. The van der Waals surface area contributed by atoms with Gasteiger partial charge in [0.05, 0.1) is 17.1 Å². The second-order valence-electron chi connectivity index (χ2n) is 6.32. The summed E-state index contributed by atoms with van der Waals surface area (Å²) in [6.45, 7) is 4.57. The van der Waals surface area contributed by atoms with Gasteiger partial charge < -0.3 is 4.90 Å². The van der Waals surface area contributed by atoms with Crippen LogP contribution in [0.25, 0.3) is 10.9 Å². The number of nitriles is 1. The van der Waals surface area contributed by atoms with Crippen molar-refractivity contribution in [2.24, 2.45) is 0 Å². The zero-order valence-corrected chi connectivity index (χ0v) is 12.7. The van der Waals surface area contributed by atoms with Crippen LogP contribution in [-0.2, 0) is 0 Å². The van der Waals surface area contributed by atoms with Gasteiger partial charge in [0.25, 0.3) is 0 Å². The first kappa shape index (κ1) is 13.5. The molecule has 2 aliphatic rings. The molecule has 0 radical (unpaired) electrons. The predicted molar refractivity (Wildman–Crippen MR) is 87.9 cm³/mol. The quantitative estimate of drug-likeness (QED) is 0.810.